The van der Waals surface area contributed by atoms with Gasteiger partial charge in [-0.05, 0) is 68.1 Å². The third-order valence-electron chi connectivity index (χ3n) is 8.31. The molecule has 238 valence electrons. The smallest absolute Gasteiger partial charge is 0.125 e. The van der Waals surface area contributed by atoms with Crippen molar-refractivity contribution in [2.45, 2.75) is 181 Å². The van der Waals surface area contributed by atoms with Crippen molar-refractivity contribution >= 4 is 6.29 Å². The summed E-state index contributed by atoms with van der Waals surface area (Å²) < 4.78 is 12.5. The van der Waals surface area contributed by atoms with Gasteiger partial charge in [-0.3, -0.25) is 0 Å². The molecule has 41 heavy (non-hydrogen) atoms. The van der Waals surface area contributed by atoms with E-state index in [1.807, 2.05) is 0 Å². The summed E-state index contributed by atoms with van der Waals surface area (Å²) in [4.78, 5) is 10.3. The van der Waals surface area contributed by atoms with Gasteiger partial charge in [-0.1, -0.05) is 136 Å². The van der Waals surface area contributed by atoms with Crippen LogP contribution in [0.2, 0.25) is 0 Å². The summed E-state index contributed by atoms with van der Waals surface area (Å²) in [5.74, 6) is 1.18. The highest BCUT2D eigenvalue weighted by atomic mass is 16.5. The van der Waals surface area contributed by atoms with Crippen LogP contribution in [0.3, 0.4) is 0 Å². The molecule has 0 aromatic heterocycles. The minimum absolute atomic E-state index is 0.661. The van der Waals surface area contributed by atoms with E-state index in [1.165, 1.54) is 151 Å². The Balaban J connectivity index is 2.32. The van der Waals surface area contributed by atoms with E-state index in [0.29, 0.717) is 13.2 Å². The molecule has 0 amide bonds. The number of hydrogen-bond donors (Lipinski definition) is 0. The van der Waals surface area contributed by atoms with Gasteiger partial charge < -0.3 is 14.3 Å². The zero-order chi connectivity index (χ0) is 29.6. The standard InChI is InChI=1S/C38H68O3/c1-4-7-21-26-35-33-36(27-22-8-5-2)38(37(34-35)28-23-9-6-3)41-32-31-40-30-25-20-18-16-14-12-10-11-13-15-17-19-24-29-39/h29,33-34H,4-28,30-32H2,1-3H3. The van der Waals surface area contributed by atoms with Gasteiger partial charge in [0.2, 0.25) is 0 Å². The molecule has 0 spiro atoms. The lowest BCUT2D eigenvalue weighted by atomic mass is 9.94. The summed E-state index contributed by atoms with van der Waals surface area (Å²) in [7, 11) is 0. The van der Waals surface area contributed by atoms with Gasteiger partial charge in [0, 0.05) is 13.0 Å². The fourth-order valence-electron chi connectivity index (χ4n) is 5.74. The Labute approximate surface area is 255 Å². The molecule has 0 N–H and O–H groups in total. The number of hydrogen-bond acceptors (Lipinski definition) is 3. The number of benzene rings is 1. The van der Waals surface area contributed by atoms with E-state index >= 15 is 0 Å². The van der Waals surface area contributed by atoms with Crippen molar-refractivity contribution in [1.82, 2.24) is 0 Å². The van der Waals surface area contributed by atoms with Crippen LogP contribution in [0.25, 0.3) is 0 Å². The van der Waals surface area contributed by atoms with Crippen molar-refractivity contribution in [3.63, 3.8) is 0 Å². The van der Waals surface area contributed by atoms with E-state index in [-0.39, 0.29) is 0 Å². The van der Waals surface area contributed by atoms with Crippen LogP contribution in [0.4, 0.5) is 0 Å². The molecular weight excluding hydrogens is 504 g/mol. The molecule has 0 aliphatic carbocycles. The lowest BCUT2D eigenvalue weighted by molar-refractivity contribution is -0.107. The first-order chi connectivity index (χ1) is 20.3. The monoisotopic (exact) mass is 573 g/mol. The highest BCUT2D eigenvalue weighted by molar-refractivity contribution is 5.49. The van der Waals surface area contributed by atoms with Crippen LogP contribution >= 0.6 is 0 Å². The van der Waals surface area contributed by atoms with Crippen LogP contribution in [-0.2, 0) is 28.8 Å². The SMILES string of the molecule is CCCCCc1cc(CCCCC)c(OCCOCCCCCCCCCCCCCCC=O)c(CCCCC)c1. The number of ether oxygens (including phenoxy) is 2. The molecule has 0 heterocycles. The summed E-state index contributed by atoms with van der Waals surface area (Å²) in [5.41, 5.74) is 4.39. The van der Waals surface area contributed by atoms with Gasteiger partial charge in [0.15, 0.2) is 0 Å². The molecule has 0 fully saturated rings. The van der Waals surface area contributed by atoms with E-state index in [4.69, 9.17) is 9.47 Å². The number of aryl methyl sites for hydroxylation is 3. The van der Waals surface area contributed by atoms with E-state index in [9.17, 15) is 4.79 Å². The van der Waals surface area contributed by atoms with Crippen molar-refractivity contribution in [2.24, 2.45) is 0 Å². The first-order valence-electron chi connectivity index (χ1n) is 18.1. The van der Waals surface area contributed by atoms with E-state index in [0.717, 1.165) is 45.0 Å². The molecule has 3 nitrogen and oxygen atoms in total. The van der Waals surface area contributed by atoms with Crippen molar-refractivity contribution in [1.29, 1.82) is 0 Å². The largest absolute Gasteiger partial charge is 0.491 e. The van der Waals surface area contributed by atoms with Crippen LogP contribution in [0, 0.1) is 0 Å². The van der Waals surface area contributed by atoms with Gasteiger partial charge in [0.1, 0.15) is 18.6 Å². The molecule has 0 aliphatic heterocycles. The predicted molar refractivity (Wildman–Crippen MR) is 179 cm³/mol. The molecule has 0 atom stereocenters. The summed E-state index contributed by atoms with van der Waals surface area (Å²) in [6, 6.07) is 4.92. The third kappa shape index (κ3) is 21.1. The number of rotatable bonds is 31. The molecule has 0 saturated carbocycles. The zero-order valence-corrected chi connectivity index (χ0v) is 27.8. The molecular formula is C38H68O3. The van der Waals surface area contributed by atoms with Gasteiger partial charge in [-0.25, -0.2) is 0 Å². The molecule has 3 heteroatoms. The van der Waals surface area contributed by atoms with Gasteiger partial charge in [-0.15, -0.1) is 0 Å². The maximum Gasteiger partial charge on any atom is 0.125 e. The molecule has 0 unspecified atom stereocenters. The Morgan fingerprint density at radius 1 is 0.512 bits per heavy atom. The highest BCUT2D eigenvalue weighted by Crippen LogP contribution is 2.30. The fraction of sp³-hybridized carbons (Fsp3) is 0.816. The van der Waals surface area contributed by atoms with E-state index in [1.54, 1.807) is 0 Å². The maximum atomic E-state index is 10.3. The first-order valence-corrected chi connectivity index (χ1v) is 18.1. The predicted octanol–water partition coefficient (Wildman–Crippen LogP) is 11.6. The average molecular weight is 573 g/mol. The number of aldehydes is 1. The fourth-order valence-corrected chi connectivity index (χ4v) is 5.74. The summed E-state index contributed by atoms with van der Waals surface area (Å²) in [6.45, 7) is 9.07. The second-order valence-electron chi connectivity index (χ2n) is 12.3. The second-order valence-corrected chi connectivity index (χ2v) is 12.3. The molecule has 1 aromatic rings. The quantitative estimate of drug-likeness (QED) is 0.0655. The van der Waals surface area contributed by atoms with Crippen LogP contribution < -0.4 is 4.74 Å². The summed E-state index contributed by atoms with van der Waals surface area (Å²) >= 11 is 0. The molecule has 0 aliphatic rings. The molecule has 1 rings (SSSR count). The summed E-state index contributed by atoms with van der Waals surface area (Å²) in [6.07, 6.45) is 32.3. The molecule has 1 aromatic carbocycles. The number of carbonyl (C=O) groups excluding carboxylic acids is 1. The Hall–Kier alpha value is -1.35. The van der Waals surface area contributed by atoms with Crippen LogP contribution in [-0.4, -0.2) is 26.1 Å². The van der Waals surface area contributed by atoms with E-state index < -0.39 is 0 Å². The topological polar surface area (TPSA) is 35.5 Å². The Kier molecular flexibility index (Phi) is 26.4. The normalized spacial score (nSPS) is 11.3. The average Bonchev–Trinajstić information content (AvgIpc) is 2.98. The van der Waals surface area contributed by atoms with Crippen molar-refractivity contribution in [3.8, 4) is 5.75 Å². The van der Waals surface area contributed by atoms with Gasteiger partial charge >= 0.3 is 0 Å². The highest BCUT2D eigenvalue weighted by Gasteiger charge is 2.13. The Morgan fingerprint density at radius 3 is 1.46 bits per heavy atom. The van der Waals surface area contributed by atoms with Crippen LogP contribution in [0.15, 0.2) is 12.1 Å². The number of carbonyl (C=O) groups is 1. The van der Waals surface area contributed by atoms with E-state index in [2.05, 4.69) is 32.9 Å². The van der Waals surface area contributed by atoms with Crippen LogP contribution in [0.1, 0.15) is 179 Å². The Morgan fingerprint density at radius 2 is 0.976 bits per heavy atom. The van der Waals surface area contributed by atoms with Gasteiger partial charge in [0.25, 0.3) is 0 Å². The molecule has 0 saturated heterocycles. The number of unbranched alkanes of at least 4 members (excludes halogenated alkanes) is 18. The summed E-state index contributed by atoms with van der Waals surface area (Å²) in [5, 5.41) is 0. The first kappa shape index (κ1) is 37.7. The molecule has 0 radical (unpaired) electrons. The molecule has 0 bridgehead atoms. The zero-order valence-electron chi connectivity index (χ0n) is 27.8. The van der Waals surface area contributed by atoms with Crippen molar-refractivity contribution < 1.29 is 14.3 Å². The lowest BCUT2D eigenvalue weighted by Crippen LogP contribution is -2.11. The van der Waals surface area contributed by atoms with Crippen molar-refractivity contribution in [2.75, 3.05) is 19.8 Å². The van der Waals surface area contributed by atoms with Crippen molar-refractivity contribution in [3.05, 3.63) is 28.8 Å². The van der Waals surface area contributed by atoms with Gasteiger partial charge in [-0.2, -0.15) is 0 Å². The Bertz CT molecular complexity index is 682. The maximum absolute atomic E-state index is 10.3. The van der Waals surface area contributed by atoms with Gasteiger partial charge in [0.05, 0.1) is 6.61 Å². The van der Waals surface area contributed by atoms with Crippen LogP contribution in [0.5, 0.6) is 5.75 Å². The second kappa shape index (κ2) is 28.8. The minimum Gasteiger partial charge on any atom is -0.491 e. The third-order valence-corrected chi connectivity index (χ3v) is 8.31. The minimum atomic E-state index is 0.661. The lowest BCUT2D eigenvalue weighted by Gasteiger charge is -2.19.